The Morgan fingerprint density at radius 2 is 2.09 bits per heavy atom. The molecule has 1 aromatic carbocycles. The zero-order valence-corrected chi connectivity index (χ0v) is 13.5. The number of carbonyl (C=O) groups excluding carboxylic acids is 1. The van der Waals surface area contributed by atoms with E-state index in [1.807, 2.05) is 0 Å². The van der Waals surface area contributed by atoms with Crippen LogP contribution in [0.1, 0.15) is 18.7 Å². The van der Waals surface area contributed by atoms with E-state index in [9.17, 15) is 13.6 Å². The largest absolute Gasteiger partial charge is 0.433 e. The number of nitrogens with one attached hydrogen (secondary N) is 1. The van der Waals surface area contributed by atoms with E-state index in [4.69, 9.17) is 0 Å². The fraction of sp³-hybridized carbons (Fsp3) is 0.286. The SMILES string of the molecule is Cc1nn(C(C)C(=O)Nc2ccccc2OC(F)F)cc1Br. The highest BCUT2D eigenvalue weighted by molar-refractivity contribution is 9.10. The van der Waals surface area contributed by atoms with Crippen LogP contribution in [0.25, 0.3) is 0 Å². The van der Waals surface area contributed by atoms with Crippen LogP contribution in [0.2, 0.25) is 0 Å². The van der Waals surface area contributed by atoms with Crippen molar-refractivity contribution < 1.29 is 18.3 Å². The Bertz CT molecular complexity index is 656. The number of nitrogens with zero attached hydrogens (tertiary/aromatic N) is 2. The van der Waals surface area contributed by atoms with Crippen molar-refractivity contribution in [1.82, 2.24) is 9.78 Å². The molecule has 0 saturated carbocycles. The summed E-state index contributed by atoms with van der Waals surface area (Å²) < 4.78 is 31.4. The topological polar surface area (TPSA) is 56.2 Å². The number of aromatic nitrogens is 2. The molecule has 118 valence electrons. The summed E-state index contributed by atoms with van der Waals surface area (Å²) in [5.41, 5.74) is 0.934. The second-order valence-corrected chi connectivity index (χ2v) is 5.44. The molecule has 1 atom stereocenters. The predicted molar refractivity (Wildman–Crippen MR) is 81.1 cm³/mol. The Morgan fingerprint density at radius 1 is 1.41 bits per heavy atom. The molecule has 1 heterocycles. The number of anilines is 1. The zero-order valence-electron chi connectivity index (χ0n) is 11.9. The Kier molecular flexibility index (Phi) is 5.12. The highest BCUT2D eigenvalue weighted by atomic mass is 79.9. The van der Waals surface area contributed by atoms with E-state index in [-0.39, 0.29) is 17.3 Å². The second kappa shape index (κ2) is 6.87. The lowest BCUT2D eigenvalue weighted by Gasteiger charge is -2.15. The summed E-state index contributed by atoms with van der Waals surface area (Å²) in [5.74, 6) is -0.476. The predicted octanol–water partition coefficient (Wildman–Crippen LogP) is 3.76. The Morgan fingerprint density at radius 3 is 2.68 bits per heavy atom. The number of amides is 1. The molecule has 0 aliphatic heterocycles. The smallest absolute Gasteiger partial charge is 0.387 e. The summed E-state index contributed by atoms with van der Waals surface area (Å²) in [4.78, 5) is 12.2. The highest BCUT2D eigenvalue weighted by Crippen LogP contribution is 2.26. The Labute approximate surface area is 134 Å². The molecule has 1 unspecified atom stereocenters. The minimum atomic E-state index is -2.96. The van der Waals surface area contributed by atoms with Gasteiger partial charge in [-0.2, -0.15) is 13.9 Å². The first-order chi connectivity index (χ1) is 10.4. The first-order valence-corrected chi connectivity index (χ1v) is 7.23. The molecule has 0 spiro atoms. The molecule has 0 fully saturated rings. The number of rotatable bonds is 5. The van der Waals surface area contributed by atoms with E-state index in [0.717, 1.165) is 10.2 Å². The molecule has 5 nitrogen and oxygen atoms in total. The maximum Gasteiger partial charge on any atom is 0.387 e. The van der Waals surface area contributed by atoms with Gasteiger partial charge in [-0.3, -0.25) is 9.48 Å². The van der Waals surface area contributed by atoms with Crippen molar-refractivity contribution in [3.05, 3.63) is 40.6 Å². The molecule has 0 bridgehead atoms. The van der Waals surface area contributed by atoms with Gasteiger partial charge in [-0.25, -0.2) is 0 Å². The molecular weight excluding hydrogens is 360 g/mol. The van der Waals surface area contributed by atoms with Crippen molar-refractivity contribution in [2.45, 2.75) is 26.5 Å². The van der Waals surface area contributed by atoms with Crippen molar-refractivity contribution in [1.29, 1.82) is 0 Å². The minimum absolute atomic E-state index is 0.0872. The Hall–Kier alpha value is -1.96. The summed E-state index contributed by atoms with van der Waals surface area (Å²) in [7, 11) is 0. The van der Waals surface area contributed by atoms with E-state index in [1.165, 1.54) is 16.8 Å². The molecule has 8 heteroatoms. The van der Waals surface area contributed by atoms with Crippen molar-refractivity contribution in [2.75, 3.05) is 5.32 Å². The van der Waals surface area contributed by atoms with Crippen LogP contribution in [-0.4, -0.2) is 22.3 Å². The van der Waals surface area contributed by atoms with Crippen molar-refractivity contribution in [3.8, 4) is 5.75 Å². The second-order valence-electron chi connectivity index (χ2n) is 4.58. The number of ether oxygens (including phenoxy) is 1. The maximum absolute atomic E-state index is 12.4. The summed E-state index contributed by atoms with van der Waals surface area (Å²) in [6.45, 7) is 0.502. The van der Waals surface area contributed by atoms with Gasteiger partial charge in [0.05, 0.1) is 15.9 Å². The molecule has 0 aliphatic rings. The molecule has 1 amide bonds. The van der Waals surface area contributed by atoms with Crippen LogP contribution >= 0.6 is 15.9 Å². The van der Waals surface area contributed by atoms with Crippen LogP contribution < -0.4 is 10.1 Å². The third-order valence-electron chi connectivity index (χ3n) is 2.99. The van der Waals surface area contributed by atoms with Gasteiger partial charge in [0.2, 0.25) is 5.91 Å². The van der Waals surface area contributed by atoms with Gasteiger partial charge in [0.1, 0.15) is 11.8 Å². The average Bonchev–Trinajstić information content (AvgIpc) is 2.79. The van der Waals surface area contributed by atoms with Gasteiger partial charge in [-0.05, 0) is 41.9 Å². The highest BCUT2D eigenvalue weighted by Gasteiger charge is 2.19. The van der Waals surface area contributed by atoms with Gasteiger partial charge in [0.25, 0.3) is 0 Å². The summed E-state index contributed by atoms with van der Waals surface area (Å²) in [6.07, 6.45) is 1.68. The first kappa shape index (κ1) is 16.4. The van der Waals surface area contributed by atoms with E-state index in [2.05, 4.69) is 31.1 Å². The van der Waals surface area contributed by atoms with Crippen LogP contribution in [-0.2, 0) is 4.79 Å². The minimum Gasteiger partial charge on any atom is -0.433 e. The van der Waals surface area contributed by atoms with Crippen LogP contribution in [0.4, 0.5) is 14.5 Å². The van der Waals surface area contributed by atoms with Gasteiger partial charge in [-0.15, -0.1) is 0 Å². The van der Waals surface area contributed by atoms with Crippen molar-refractivity contribution in [3.63, 3.8) is 0 Å². The average molecular weight is 374 g/mol. The molecule has 22 heavy (non-hydrogen) atoms. The number of halogens is 3. The lowest BCUT2D eigenvalue weighted by molar-refractivity contribution is -0.119. The summed E-state index contributed by atoms with van der Waals surface area (Å²) >= 11 is 3.32. The van der Waals surface area contributed by atoms with Gasteiger partial charge < -0.3 is 10.1 Å². The van der Waals surface area contributed by atoms with Crippen molar-refractivity contribution >= 4 is 27.5 Å². The fourth-order valence-corrected chi connectivity index (χ4v) is 2.07. The number of hydrogen-bond acceptors (Lipinski definition) is 3. The van der Waals surface area contributed by atoms with E-state index in [1.54, 1.807) is 32.2 Å². The normalized spacial score (nSPS) is 12.3. The molecule has 1 aromatic heterocycles. The van der Waals surface area contributed by atoms with Gasteiger partial charge in [0.15, 0.2) is 0 Å². The molecular formula is C14H14BrF2N3O2. The lowest BCUT2D eigenvalue weighted by Crippen LogP contribution is -2.24. The lowest BCUT2D eigenvalue weighted by atomic mass is 10.2. The van der Waals surface area contributed by atoms with Crippen LogP contribution in [0.3, 0.4) is 0 Å². The molecule has 2 aromatic rings. The number of carbonyl (C=O) groups is 1. The zero-order chi connectivity index (χ0) is 16.3. The number of alkyl halides is 2. The van der Waals surface area contributed by atoms with E-state index in [0.29, 0.717) is 0 Å². The third kappa shape index (κ3) is 3.82. The summed E-state index contributed by atoms with van der Waals surface area (Å²) in [6, 6.07) is 5.41. The monoisotopic (exact) mass is 373 g/mol. The molecule has 0 radical (unpaired) electrons. The quantitative estimate of drug-likeness (QED) is 0.867. The van der Waals surface area contributed by atoms with Gasteiger partial charge in [-0.1, -0.05) is 12.1 Å². The molecule has 0 saturated heterocycles. The standard InChI is InChI=1S/C14H14BrF2N3O2/c1-8-10(15)7-20(19-8)9(2)13(21)18-11-5-3-4-6-12(11)22-14(16)17/h3-7,9,14H,1-2H3,(H,18,21). The third-order valence-corrected chi connectivity index (χ3v) is 3.77. The molecule has 0 aliphatic carbocycles. The fourth-order valence-electron chi connectivity index (χ4n) is 1.78. The number of benzene rings is 1. The number of aryl methyl sites for hydroxylation is 1. The van der Waals surface area contributed by atoms with E-state index >= 15 is 0 Å². The molecule has 1 N–H and O–H groups in total. The number of hydrogen-bond donors (Lipinski definition) is 1. The molecule has 2 rings (SSSR count). The van der Waals surface area contributed by atoms with Crippen molar-refractivity contribution in [2.24, 2.45) is 0 Å². The van der Waals surface area contributed by atoms with Crippen LogP contribution in [0.5, 0.6) is 5.75 Å². The summed E-state index contributed by atoms with van der Waals surface area (Å²) in [5, 5.41) is 6.77. The van der Waals surface area contributed by atoms with Crippen LogP contribution in [0.15, 0.2) is 34.9 Å². The van der Waals surface area contributed by atoms with Gasteiger partial charge in [0, 0.05) is 6.20 Å². The Balaban J connectivity index is 2.15. The number of para-hydroxylation sites is 2. The first-order valence-electron chi connectivity index (χ1n) is 6.44. The maximum atomic E-state index is 12.4. The van der Waals surface area contributed by atoms with Crippen LogP contribution in [0, 0.1) is 6.92 Å². The van der Waals surface area contributed by atoms with E-state index < -0.39 is 12.7 Å². The van der Waals surface area contributed by atoms with Gasteiger partial charge >= 0.3 is 6.61 Å².